The quantitative estimate of drug-likeness (QED) is 0.798. The fraction of sp³-hybridized carbons (Fsp3) is 0.444. The van der Waals surface area contributed by atoms with Gasteiger partial charge in [0.05, 0.1) is 0 Å². The predicted molar refractivity (Wildman–Crippen MR) is 54.2 cm³/mol. The van der Waals surface area contributed by atoms with Crippen molar-refractivity contribution in [3.8, 4) is 0 Å². The summed E-state index contributed by atoms with van der Waals surface area (Å²) in [6, 6.07) is 2.10. The van der Waals surface area contributed by atoms with Crippen molar-refractivity contribution < 1.29 is 0 Å². The molecule has 1 rings (SSSR count). The van der Waals surface area contributed by atoms with Gasteiger partial charge in [-0.3, -0.25) is 4.98 Å². The van der Waals surface area contributed by atoms with Gasteiger partial charge in [0.1, 0.15) is 0 Å². The molecule has 66 valence electrons. The molecule has 0 radical (unpaired) electrons. The largest absolute Gasteiger partial charge is 0.317 e. The molecule has 1 aromatic heterocycles. The summed E-state index contributed by atoms with van der Waals surface area (Å²) in [5.74, 6) is 0. The zero-order chi connectivity index (χ0) is 8.81. The summed E-state index contributed by atoms with van der Waals surface area (Å²) in [6.45, 7) is 4.16. The van der Waals surface area contributed by atoms with E-state index in [1.165, 1.54) is 5.56 Å². The number of nitrogens with one attached hydrogen (secondary N) is 1. The zero-order valence-electron chi connectivity index (χ0n) is 7.18. The molecule has 0 atom stereocenters. The standard InChI is InChI=1S/C9H13BrN2/c1-2-11-4-3-8-5-9(10)7-12-6-8/h5-7,11H,2-4H2,1H3. The van der Waals surface area contributed by atoms with Crippen molar-refractivity contribution in [2.45, 2.75) is 13.3 Å². The van der Waals surface area contributed by atoms with E-state index in [4.69, 9.17) is 0 Å². The summed E-state index contributed by atoms with van der Waals surface area (Å²) in [5, 5.41) is 3.27. The Hall–Kier alpha value is -0.410. The smallest absolute Gasteiger partial charge is 0.0410 e. The fourth-order valence-electron chi connectivity index (χ4n) is 1.00. The zero-order valence-corrected chi connectivity index (χ0v) is 8.76. The Morgan fingerprint density at radius 2 is 2.33 bits per heavy atom. The highest BCUT2D eigenvalue weighted by Gasteiger charge is 1.93. The number of likely N-dealkylation sites (N-methyl/N-ethyl adjacent to an activating group) is 1. The number of pyridine rings is 1. The monoisotopic (exact) mass is 228 g/mol. The molecule has 0 saturated heterocycles. The summed E-state index contributed by atoms with van der Waals surface area (Å²) >= 11 is 3.39. The Morgan fingerprint density at radius 3 is 3.00 bits per heavy atom. The second kappa shape index (κ2) is 5.27. The minimum atomic E-state index is 1.02. The lowest BCUT2D eigenvalue weighted by atomic mass is 10.2. The van der Waals surface area contributed by atoms with Gasteiger partial charge in [0.2, 0.25) is 0 Å². The SMILES string of the molecule is CCNCCc1cncc(Br)c1. The number of nitrogens with zero attached hydrogens (tertiary/aromatic N) is 1. The number of rotatable bonds is 4. The van der Waals surface area contributed by atoms with Crippen LogP contribution in [0.5, 0.6) is 0 Å². The van der Waals surface area contributed by atoms with Crippen LogP contribution in [0.25, 0.3) is 0 Å². The van der Waals surface area contributed by atoms with Crippen LogP contribution in [0.15, 0.2) is 22.9 Å². The number of halogens is 1. The molecular formula is C9H13BrN2. The minimum Gasteiger partial charge on any atom is -0.317 e. The minimum absolute atomic E-state index is 1.02. The van der Waals surface area contributed by atoms with Crippen molar-refractivity contribution in [1.82, 2.24) is 10.3 Å². The summed E-state index contributed by atoms with van der Waals surface area (Å²) in [7, 11) is 0. The number of hydrogen-bond donors (Lipinski definition) is 1. The molecule has 0 spiro atoms. The molecule has 0 aliphatic rings. The van der Waals surface area contributed by atoms with E-state index in [1.54, 1.807) is 6.20 Å². The third kappa shape index (κ3) is 3.32. The van der Waals surface area contributed by atoms with E-state index in [9.17, 15) is 0 Å². The molecule has 0 unspecified atom stereocenters. The number of hydrogen-bond acceptors (Lipinski definition) is 2. The van der Waals surface area contributed by atoms with Gasteiger partial charge < -0.3 is 5.32 Å². The molecule has 0 saturated carbocycles. The second-order valence-corrected chi connectivity index (χ2v) is 3.53. The topological polar surface area (TPSA) is 24.9 Å². The van der Waals surface area contributed by atoms with Crippen LogP contribution in [0, 0.1) is 0 Å². The van der Waals surface area contributed by atoms with Gasteiger partial charge in [-0.25, -0.2) is 0 Å². The lowest BCUT2D eigenvalue weighted by Crippen LogP contribution is -2.16. The van der Waals surface area contributed by atoms with E-state index in [1.807, 2.05) is 6.20 Å². The van der Waals surface area contributed by atoms with Gasteiger partial charge in [0.25, 0.3) is 0 Å². The van der Waals surface area contributed by atoms with Gasteiger partial charge in [-0.15, -0.1) is 0 Å². The molecule has 1 heterocycles. The Labute approximate surface area is 81.5 Å². The first kappa shape index (κ1) is 9.68. The van der Waals surface area contributed by atoms with Gasteiger partial charge in [0, 0.05) is 16.9 Å². The normalized spacial score (nSPS) is 10.2. The first-order valence-electron chi connectivity index (χ1n) is 4.13. The van der Waals surface area contributed by atoms with Gasteiger partial charge in [-0.05, 0) is 47.1 Å². The molecule has 0 fully saturated rings. The predicted octanol–water partition coefficient (Wildman–Crippen LogP) is 2.00. The average Bonchev–Trinajstić information content (AvgIpc) is 2.05. The first-order valence-corrected chi connectivity index (χ1v) is 4.92. The van der Waals surface area contributed by atoms with E-state index in [-0.39, 0.29) is 0 Å². The van der Waals surface area contributed by atoms with Crippen LogP contribution < -0.4 is 5.32 Å². The van der Waals surface area contributed by atoms with Crippen LogP contribution >= 0.6 is 15.9 Å². The molecule has 12 heavy (non-hydrogen) atoms. The Balaban J connectivity index is 2.41. The number of aromatic nitrogens is 1. The Bertz CT molecular complexity index is 238. The van der Waals surface area contributed by atoms with E-state index >= 15 is 0 Å². The lowest BCUT2D eigenvalue weighted by molar-refractivity contribution is 0.715. The molecule has 0 aliphatic heterocycles. The highest BCUT2D eigenvalue weighted by molar-refractivity contribution is 9.10. The molecule has 2 nitrogen and oxygen atoms in total. The maximum atomic E-state index is 4.09. The lowest BCUT2D eigenvalue weighted by Gasteiger charge is -2.01. The van der Waals surface area contributed by atoms with Crippen molar-refractivity contribution in [1.29, 1.82) is 0 Å². The summed E-state index contributed by atoms with van der Waals surface area (Å²) in [6.07, 6.45) is 4.75. The third-order valence-corrected chi connectivity index (χ3v) is 2.04. The Morgan fingerprint density at radius 1 is 1.50 bits per heavy atom. The second-order valence-electron chi connectivity index (χ2n) is 2.61. The highest BCUT2D eigenvalue weighted by Crippen LogP contribution is 2.09. The molecule has 0 aliphatic carbocycles. The van der Waals surface area contributed by atoms with E-state index in [0.29, 0.717) is 0 Å². The van der Waals surface area contributed by atoms with Crippen LogP contribution in [0.3, 0.4) is 0 Å². The van der Waals surface area contributed by atoms with E-state index < -0.39 is 0 Å². The van der Waals surface area contributed by atoms with Gasteiger partial charge in [-0.2, -0.15) is 0 Å². The van der Waals surface area contributed by atoms with Gasteiger partial charge >= 0.3 is 0 Å². The van der Waals surface area contributed by atoms with Crippen LogP contribution in [-0.4, -0.2) is 18.1 Å². The summed E-state index contributed by atoms with van der Waals surface area (Å²) in [5.41, 5.74) is 1.27. The average molecular weight is 229 g/mol. The summed E-state index contributed by atoms with van der Waals surface area (Å²) < 4.78 is 1.05. The molecule has 0 aromatic carbocycles. The molecule has 1 aromatic rings. The van der Waals surface area contributed by atoms with Crippen molar-refractivity contribution in [2.75, 3.05) is 13.1 Å². The van der Waals surface area contributed by atoms with Crippen LogP contribution in [-0.2, 0) is 6.42 Å². The van der Waals surface area contributed by atoms with E-state index in [2.05, 4.69) is 39.2 Å². The van der Waals surface area contributed by atoms with Crippen molar-refractivity contribution >= 4 is 15.9 Å². The Kier molecular flexibility index (Phi) is 4.25. The van der Waals surface area contributed by atoms with Crippen molar-refractivity contribution in [2.24, 2.45) is 0 Å². The molecule has 0 amide bonds. The van der Waals surface area contributed by atoms with Crippen LogP contribution in [0.2, 0.25) is 0 Å². The first-order chi connectivity index (χ1) is 5.83. The maximum absolute atomic E-state index is 4.09. The van der Waals surface area contributed by atoms with E-state index in [0.717, 1.165) is 24.0 Å². The highest BCUT2D eigenvalue weighted by atomic mass is 79.9. The van der Waals surface area contributed by atoms with Crippen LogP contribution in [0.4, 0.5) is 0 Å². The summed E-state index contributed by atoms with van der Waals surface area (Å²) in [4.78, 5) is 4.09. The molecule has 1 N–H and O–H groups in total. The molecule has 0 bridgehead atoms. The van der Waals surface area contributed by atoms with Gasteiger partial charge in [-0.1, -0.05) is 6.92 Å². The fourth-order valence-corrected chi connectivity index (χ4v) is 1.41. The third-order valence-electron chi connectivity index (χ3n) is 1.60. The van der Waals surface area contributed by atoms with Crippen molar-refractivity contribution in [3.63, 3.8) is 0 Å². The van der Waals surface area contributed by atoms with Crippen LogP contribution in [0.1, 0.15) is 12.5 Å². The molecule has 3 heteroatoms. The molecular weight excluding hydrogens is 216 g/mol. The van der Waals surface area contributed by atoms with Gasteiger partial charge in [0.15, 0.2) is 0 Å². The maximum Gasteiger partial charge on any atom is 0.0410 e. The van der Waals surface area contributed by atoms with Crippen molar-refractivity contribution in [3.05, 3.63) is 28.5 Å².